The Morgan fingerprint density at radius 3 is 1.93 bits per heavy atom. The highest BCUT2D eigenvalue weighted by atomic mass is 16.3. The average molecular weight is 787 g/mol. The predicted molar refractivity (Wildman–Crippen MR) is 251 cm³/mol. The molecule has 0 bridgehead atoms. The molecule has 0 radical (unpaired) electrons. The van der Waals surface area contributed by atoms with Crippen molar-refractivity contribution in [3.63, 3.8) is 0 Å². The Hall–Kier alpha value is -7.63. The third-order valence-corrected chi connectivity index (χ3v) is 12.3. The summed E-state index contributed by atoms with van der Waals surface area (Å²) in [6, 6.07) is 66.3. The molecule has 5 nitrogen and oxygen atoms in total. The molecule has 11 rings (SSSR count). The minimum atomic E-state index is 0.427. The molecule has 292 valence electrons. The second kappa shape index (κ2) is 15.2. The van der Waals surface area contributed by atoms with Crippen LogP contribution in [0.15, 0.2) is 192 Å². The van der Waals surface area contributed by atoms with Gasteiger partial charge in [-0.2, -0.15) is 0 Å². The Morgan fingerprint density at radius 2 is 1.11 bits per heavy atom. The lowest BCUT2D eigenvalue weighted by atomic mass is 9.85. The third-order valence-electron chi connectivity index (χ3n) is 12.3. The van der Waals surface area contributed by atoms with E-state index in [4.69, 9.17) is 19.4 Å². The van der Waals surface area contributed by atoms with Crippen LogP contribution in [0.25, 0.3) is 94.7 Å². The van der Waals surface area contributed by atoms with Gasteiger partial charge in [-0.1, -0.05) is 159 Å². The lowest BCUT2D eigenvalue weighted by Gasteiger charge is -2.20. The van der Waals surface area contributed by atoms with Crippen molar-refractivity contribution in [3.8, 4) is 51.0 Å². The number of hydrogen-bond acceptors (Lipinski definition) is 4. The first-order chi connectivity index (χ1) is 30.1. The molecule has 0 N–H and O–H groups in total. The van der Waals surface area contributed by atoms with Gasteiger partial charge in [-0.3, -0.25) is 0 Å². The maximum atomic E-state index is 6.32. The van der Waals surface area contributed by atoms with Crippen molar-refractivity contribution in [3.05, 3.63) is 205 Å². The van der Waals surface area contributed by atoms with E-state index in [1.807, 2.05) is 42.5 Å². The minimum absolute atomic E-state index is 0.427. The fraction of sp³-hybridized carbons (Fsp3) is 0.0893. The largest absolute Gasteiger partial charge is 0.456 e. The number of fused-ring (bicyclic) bond motifs is 6. The van der Waals surface area contributed by atoms with Crippen LogP contribution in [0.1, 0.15) is 36.0 Å². The molecule has 3 heterocycles. The molecule has 5 heteroatoms. The van der Waals surface area contributed by atoms with Crippen LogP contribution in [-0.2, 0) is 6.42 Å². The first kappa shape index (κ1) is 36.4. The number of aryl methyl sites for hydroxylation is 1. The quantitative estimate of drug-likeness (QED) is 0.146. The Balaban J connectivity index is 1.10. The Labute approximate surface area is 354 Å². The molecule has 0 aliphatic rings. The van der Waals surface area contributed by atoms with E-state index in [-0.39, 0.29) is 0 Å². The van der Waals surface area contributed by atoms with Gasteiger partial charge >= 0.3 is 0 Å². The molecular weight excluding hydrogens is 745 g/mol. The SMILES string of the molecule is CCC(Cc1ccccc1-c1ccc2c3ccccc3n(-c3ccccc3-c3nc(-c4ccccc4)nc(-c4ccc5c(c4)oc4ccccc45)n3)c2c1C)c1ccccc1. The molecule has 0 fully saturated rings. The van der Waals surface area contributed by atoms with Crippen LogP contribution >= 0.6 is 0 Å². The lowest BCUT2D eigenvalue weighted by Crippen LogP contribution is -2.05. The van der Waals surface area contributed by atoms with E-state index in [1.165, 1.54) is 44.1 Å². The van der Waals surface area contributed by atoms with Crippen molar-refractivity contribution in [2.75, 3.05) is 0 Å². The van der Waals surface area contributed by atoms with E-state index in [1.54, 1.807) is 0 Å². The van der Waals surface area contributed by atoms with E-state index in [9.17, 15) is 0 Å². The van der Waals surface area contributed by atoms with Crippen molar-refractivity contribution >= 4 is 43.7 Å². The van der Waals surface area contributed by atoms with E-state index in [2.05, 4.69) is 164 Å². The first-order valence-electron chi connectivity index (χ1n) is 21.1. The molecule has 3 aromatic heterocycles. The Bertz CT molecular complexity index is 3400. The predicted octanol–water partition coefficient (Wildman–Crippen LogP) is 14.6. The zero-order valence-corrected chi connectivity index (χ0v) is 34.1. The summed E-state index contributed by atoms with van der Waals surface area (Å²) in [4.78, 5) is 15.6. The lowest BCUT2D eigenvalue weighted by molar-refractivity contribution is 0.661. The van der Waals surface area contributed by atoms with Gasteiger partial charge in [-0.15, -0.1) is 0 Å². The molecule has 1 atom stereocenters. The number of rotatable bonds is 9. The summed E-state index contributed by atoms with van der Waals surface area (Å²) >= 11 is 0. The number of para-hydroxylation sites is 3. The maximum absolute atomic E-state index is 6.32. The fourth-order valence-corrected chi connectivity index (χ4v) is 9.28. The fourth-order valence-electron chi connectivity index (χ4n) is 9.28. The number of furan rings is 1. The van der Waals surface area contributed by atoms with E-state index in [0.717, 1.165) is 62.7 Å². The molecule has 0 saturated carbocycles. The molecule has 0 saturated heterocycles. The molecular formula is C56H42N4O. The molecule has 1 unspecified atom stereocenters. The maximum Gasteiger partial charge on any atom is 0.166 e. The summed E-state index contributed by atoms with van der Waals surface area (Å²) in [5.41, 5.74) is 14.1. The van der Waals surface area contributed by atoms with Crippen molar-refractivity contribution in [2.24, 2.45) is 0 Å². The summed E-state index contributed by atoms with van der Waals surface area (Å²) in [6.45, 7) is 4.58. The highest BCUT2D eigenvalue weighted by Gasteiger charge is 2.23. The highest BCUT2D eigenvalue weighted by Crippen LogP contribution is 2.42. The second-order valence-electron chi connectivity index (χ2n) is 15.9. The van der Waals surface area contributed by atoms with Gasteiger partial charge < -0.3 is 8.98 Å². The van der Waals surface area contributed by atoms with E-state index >= 15 is 0 Å². The summed E-state index contributed by atoms with van der Waals surface area (Å²) in [5, 5.41) is 4.56. The number of aromatic nitrogens is 4. The molecule has 0 amide bonds. The zero-order chi connectivity index (χ0) is 40.9. The summed E-state index contributed by atoms with van der Waals surface area (Å²) in [7, 11) is 0. The van der Waals surface area contributed by atoms with Gasteiger partial charge in [0.05, 0.1) is 16.7 Å². The molecule has 0 spiro atoms. The molecule has 0 aliphatic heterocycles. The van der Waals surface area contributed by atoms with Crippen LogP contribution in [0.2, 0.25) is 0 Å². The van der Waals surface area contributed by atoms with Gasteiger partial charge in [-0.05, 0) is 89.9 Å². The summed E-state index contributed by atoms with van der Waals surface area (Å²) in [5.74, 6) is 2.22. The molecule has 0 aliphatic carbocycles. The Kier molecular flexibility index (Phi) is 9.08. The van der Waals surface area contributed by atoms with Crippen molar-refractivity contribution in [2.45, 2.75) is 32.6 Å². The number of hydrogen-bond donors (Lipinski definition) is 0. The molecule has 8 aromatic carbocycles. The summed E-state index contributed by atoms with van der Waals surface area (Å²) < 4.78 is 8.75. The van der Waals surface area contributed by atoms with Crippen LogP contribution in [0.4, 0.5) is 0 Å². The smallest absolute Gasteiger partial charge is 0.166 e. The van der Waals surface area contributed by atoms with Gasteiger partial charge in [0.1, 0.15) is 11.2 Å². The number of benzene rings is 8. The summed E-state index contributed by atoms with van der Waals surface area (Å²) in [6.07, 6.45) is 2.04. The standard InChI is InChI=1S/C56H42N4O/c1-3-37(38-18-6-4-7-19-38)34-40-22-10-11-23-43(40)42-32-33-47-44-24-12-15-27-49(44)60(53(47)36(42)2)50-28-16-13-26-48(50)56-58-54(39-20-8-5-9-21-39)57-55(59-56)41-30-31-46-45-25-14-17-29-51(45)61-52(46)35-41/h4-33,35,37H,3,34H2,1-2H3. The van der Waals surface area contributed by atoms with Gasteiger partial charge in [0.2, 0.25) is 0 Å². The third kappa shape index (κ3) is 6.37. The zero-order valence-electron chi connectivity index (χ0n) is 34.1. The van der Waals surface area contributed by atoms with Gasteiger partial charge in [0, 0.05) is 38.2 Å². The van der Waals surface area contributed by atoms with Crippen LogP contribution in [0.3, 0.4) is 0 Å². The van der Waals surface area contributed by atoms with E-state index < -0.39 is 0 Å². The van der Waals surface area contributed by atoms with Crippen LogP contribution in [0, 0.1) is 6.92 Å². The Morgan fingerprint density at radius 1 is 0.492 bits per heavy atom. The van der Waals surface area contributed by atoms with Crippen molar-refractivity contribution < 1.29 is 4.42 Å². The van der Waals surface area contributed by atoms with Crippen molar-refractivity contribution in [1.29, 1.82) is 0 Å². The molecule has 61 heavy (non-hydrogen) atoms. The first-order valence-corrected chi connectivity index (χ1v) is 21.1. The van der Waals surface area contributed by atoms with Gasteiger partial charge in [0.25, 0.3) is 0 Å². The normalized spacial score (nSPS) is 12.2. The van der Waals surface area contributed by atoms with E-state index in [0.29, 0.717) is 23.4 Å². The van der Waals surface area contributed by atoms with Gasteiger partial charge in [0.15, 0.2) is 17.5 Å². The molecule has 11 aromatic rings. The van der Waals surface area contributed by atoms with Gasteiger partial charge in [-0.25, -0.2) is 15.0 Å². The number of nitrogens with zero attached hydrogens (tertiary/aromatic N) is 4. The topological polar surface area (TPSA) is 56.7 Å². The monoisotopic (exact) mass is 786 g/mol. The van der Waals surface area contributed by atoms with Crippen LogP contribution in [-0.4, -0.2) is 19.5 Å². The van der Waals surface area contributed by atoms with Crippen LogP contribution < -0.4 is 0 Å². The second-order valence-corrected chi connectivity index (χ2v) is 15.9. The average Bonchev–Trinajstić information content (AvgIpc) is 3.87. The van der Waals surface area contributed by atoms with Crippen molar-refractivity contribution in [1.82, 2.24) is 19.5 Å². The highest BCUT2D eigenvalue weighted by molar-refractivity contribution is 6.12. The minimum Gasteiger partial charge on any atom is -0.456 e. The van der Waals surface area contributed by atoms with Crippen LogP contribution in [0.5, 0.6) is 0 Å².